The van der Waals surface area contributed by atoms with Crippen molar-refractivity contribution in [1.82, 2.24) is 0 Å². The molecule has 0 heterocycles. The maximum atomic E-state index is 13.0. The van der Waals surface area contributed by atoms with Crippen LogP contribution in [-0.4, -0.2) is 6.29 Å². The average molecular weight is 166 g/mol. The van der Waals surface area contributed by atoms with E-state index in [1.807, 2.05) is 0 Å². The van der Waals surface area contributed by atoms with Crippen LogP contribution < -0.4 is 0 Å². The lowest BCUT2D eigenvalue weighted by Crippen LogP contribution is -2.02. The van der Waals surface area contributed by atoms with E-state index in [0.717, 1.165) is 6.29 Å². The van der Waals surface area contributed by atoms with E-state index in [4.69, 9.17) is 0 Å². The van der Waals surface area contributed by atoms with Gasteiger partial charge in [0.05, 0.1) is 0 Å². The standard InChI is InChI=1S/C10H11FO/c1-8(7-12)6-9-4-2-3-5-10(9)11/h2-5,7-8H,6H2,1H3. The Hall–Kier alpha value is -1.18. The summed E-state index contributed by atoms with van der Waals surface area (Å²) in [6.45, 7) is 1.78. The van der Waals surface area contributed by atoms with Crippen LogP contribution in [0, 0.1) is 11.7 Å². The predicted molar refractivity (Wildman–Crippen MR) is 45.3 cm³/mol. The highest BCUT2D eigenvalue weighted by molar-refractivity contribution is 5.53. The van der Waals surface area contributed by atoms with Crippen LogP contribution in [0.3, 0.4) is 0 Å². The summed E-state index contributed by atoms with van der Waals surface area (Å²) in [4.78, 5) is 10.3. The number of halogens is 1. The quantitative estimate of drug-likeness (QED) is 0.629. The minimum Gasteiger partial charge on any atom is -0.303 e. The molecule has 0 aliphatic heterocycles. The third-order valence-electron chi connectivity index (χ3n) is 1.73. The molecular formula is C10H11FO. The van der Waals surface area contributed by atoms with Crippen LogP contribution >= 0.6 is 0 Å². The van der Waals surface area contributed by atoms with Crippen LogP contribution in [0.15, 0.2) is 24.3 Å². The highest BCUT2D eigenvalue weighted by Crippen LogP contribution is 2.10. The van der Waals surface area contributed by atoms with Crippen molar-refractivity contribution < 1.29 is 9.18 Å². The summed E-state index contributed by atoms with van der Waals surface area (Å²) in [5.41, 5.74) is 0.608. The fourth-order valence-corrected chi connectivity index (χ4v) is 1.06. The van der Waals surface area contributed by atoms with E-state index in [1.165, 1.54) is 6.07 Å². The van der Waals surface area contributed by atoms with Gasteiger partial charge in [0.25, 0.3) is 0 Å². The highest BCUT2D eigenvalue weighted by atomic mass is 19.1. The van der Waals surface area contributed by atoms with Crippen molar-refractivity contribution in [1.29, 1.82) is 0 Å². The molecule has 0 saturated heterocycles. The lowest BCUT2D eigenvalue weighted by Gasteiger charge is -2.03. The van der Waals surface area contributed by atoms with Crippen molar-refractivity contribution in [3.05, 3.63) is 35.6 Å². The minimum absolute atomic E-state index is 0.109. The van der Waals surface area contributed by atoms with Crippen LogP contribution in [-0.2, 0) is 11.2 Å². The fraction of sp³-hybridized carbons (Fsp3) is 0.300. The Morgan fingerprint density at radius 1 is 1.50 bits per heavy atom. The SMILES string of the molecule is CC(C=O)Cc1ccccc1F. The van der Waals surface area contributed by atoms with Gasteiger partial charge in [0.1, 0.15) is 12.1 Å². The van der Waals surface area contributed by atoms with Crippen molar-refractivity contribution >= 4 is 6.29 Å². The van der Waals surface area contributed by atoms with E-state index in [2.05, 4.69) is 0 Å². The number of carbonyl (C=O) groups excluding carboxylic acids is 1. The molecule has 0 aromatic heterocycles. The normalized spacial score (nSPS) is 12.5. The molecule has 0 aliphatic carbocycles. The van der Waals surface area contributed by atoms with E-state index < -0.39 is 0 Å². The number of rotatable bonds is 3. The summed E-state index contributed by atoms with van der Waals surface area (Å²) < 4.78 is 13.0. The van der Waals surface area contributed by atoms with Gasteiger partial charge in [0.2, 0.25) is 0 Å². The summed E-state index contributed by atoms with van der Waals surface area (Å²) in [6.07, 6.45) is 1.32. The Bertz CT molecular complexity index is 270. The highest BCUT2D eigenvalue weighted by Gasteiger charge is 2.05. The molecule has 12 heavy (non-hydrogen) atoms. The zero-order chi connectivity index (χ0) is 8.97. The molecule has 0 fully saturated rings. The number of hydrogen-bond donors (Lipinski definition) is 0. The Labute approximate surface area is 71.2 Å². The van der Waals surface area contributed by atoms with Crippen LogP contribution in [0.2, 0.25) is 0 Å². The largest absolute Gasteiger partial charge is 0.303 e. The van der Waals surface area contributed by atoms with Crippen molar-refractivity contribution in [3.8, 4) is 0 Å². The molecule has 0 aliphatic rings. The van der Waals surface area contributed by atoms with Crippen LogP contribution in [0.25, 0.3) is 0 Å². The molecule has 64 valence electrons. The van der Waals surface area contributed by atoms with Crippen molar-refractivity contribution in [2.45, 2.75) is 13.3 Å². The van der Waals surface area contributed by atoms with Crippen molar-refractivity contribution in [3.63, 3.8) is 0 Å². The van der Waals surface area contributed by atoms with Gasteiger partial charge in [-0.2, -0.15) is 0 Å². The average Bonchev–Trinajstić information content (AvgIpc) is 2.09. The molecule has 1 unspecified atom stereocenters. The molecule has 1 atom stereocenters. The van der Waals surface area contributed by atoms with Gasteiger partial charge < -0.3 is 4.79 Å². The smallest absolute Gasteiger partial charge is 0.126 e. The van der Waals surface area contributed by atoms with Gasteiger partial charge in [-0.1, -0.05) is 25.1 Å². The Kier molecular flexibility index (Phi) is 2.97. The van der Waals surface area contributed by atoms with Gasteiger partial charge in [0, 0.05) is 5.92 Å². The second-order valence-electron chi connectivity index (χ2n) is 2.91. The second kappa shape index (κ2) is 4.00. The molecule has 0 bridgehead atoms. The first-order valence-electron chi connectivity index (χ1n) is 3.92. The number of aldehydes is 1. The lowest BCUT2D eigenvalue weighted by atomic mass is 10.0. The molecule has 0 spiro atoms. The lowest BCUT2D eigenvalue weighted by molar-refractivity contribution is -0.110. The van der Waals surface area contributed by atoms with Crippen molar-refractivity contribution in [2.75, 3.05) is 0 Å². The molecule has 0 amide bonds. The van der Waals surface area contributed by atoms with Gasteiger partial charge >= 0.3 is 0 Å². The summed E-state index contributed by atoms with van der Waals surface area (Å²) >= 11 is 0. The van der Waals surface area contributed by atoms with Gasteiger partial charge in [-0.15, -0.1) is 0 Å². The minimum atomic E-state index is -0.230. The Morgan fingerprint density at radius 3 is 2.75 bits per heavy atom. The Morgan fingerprint density at radius 2 is 2.17 bits per heavy atom. The predicted octanol–water partition coefficient (Wildman–Crippen LogP) is 2.20. The first-order chi connectivity index (χ1) is 5.74. The van der Waals surface area contributed by atoms with E-state index in [0.29, 0.717) is 12.0 Å². The zero-order valence-corrected chi connectivity index (χ0v) is 6.96. The first-order valence-corrected chi connectivity index (χ1v) is 3.92. The molecular weight excluding hydrogens is 155 g/mol. The number of hydrogen-bond acceptors (Lipinski definition) is 1. The third-order valence-corrected chi connectivity index (χ3v) is 1.73. The topological polar surface area (TPSA) is 17.1 Å². The molecule has 1 aromatic carbocycles. The van der Waals surface area contributed by atoms with E-state index in [-0.39, 0.29) is 11.7 Å². The molecule has 1 rings (SSSR count). The molecule has 2 heteroatoms. The monoisotopic (exact) mass is 166 g/mol. The number of carbonyl (C=O) groups is 1. The van der Waals surface area contributed by atoms with E-state index in [1.54, 1.807) is 25.1 Å². The van der Waals surface area contributed by atoms with Gasteiger partial charge in [-0.05, 0) is 18.1 Å². The molecule has 0 N–H and O–H groups in total. The van der Waals surface area contributed by atoms with Crippen LogP contribution in [0.4, 0.5) is 4.39 Å². The zero-order valence-electron chi connectivity index (χ0n) is 6.96. The molecule has 1 aromatic rings. The summed E-state index contributed by atoms with van der Waals surface area (Å²) in [7, 11) is 0. The molecule has 0 radical (unpaired) electrons. The first kappa shape index (κ1) is 8.91. The van der Waals surface area contributed by atoms with Crippen LogP contribution in [0.5, 0.6) is 0 Å². The van der Waals surface area contributed by atoms with Gasteiger partial charge in [-0.3, -0.25) is 0 Å². The maximum Gasteiger partial charge on any atom is 0.126 e. The molecule has 1 nitrogen and oxygen atoms in total. The summed E-state index contributed by atoms with van der Waals surface area (Å²) in [5, 5.41) is 0. The summed E-state index contributed by atoms with van der Waals surface area (Å²) in [5.74, 6) is -0.340. The number of benzene rings is 1. The second-order valence-corrected chi connectivity index (χ2v) is 2.91. The molecule has 0 saturated carbocycles. The summed E-state index contributed by atoms with van der Waals surface area (Å²) in [6, 6.07) is 6.53. The van der Waals surface area contributed by atoms with Gasteiger partial charge in [-0.25, -0.2) is 4.39 Å². The van der Waals surface area contributed by atoms with E-state index in [9.17, 15) is 9.18 Å². The Balaban J connectivity index is 2.75. The maximum absolute atomic E-state index is 13.0. The van der Waals surface area contributed by atoms with Crippen LogP contribution in [0.1, 0.15) is 12.5 Å². The van der Waals surface area contributed by atoms with Crippen molar-refractivity contribution in [2.24, 2.45) is 5.92 Å². The third kappa shape index (κ3) is 2.16. The van der Waals surface area contributed by atoms with E-state index >= 15 is 0 Å². The fourth-order valence-electron chi connectivity index (χ4n) is 1.06. The van der Waals surface area contributed by atoms with Gasteiger partial charge in [0.15, 0.2) is 0 Å².